The van der Waals surface area contributed by atoms with E-state index in [4.69, 9.17) is 11.6 Å². The quantitative estimate of drug-likeness (QED) is 0.703. The first-order chi connectivity index (χ1) is 13.5. The fourth-order valence-corrected chi connectivity index (χ4v) is 4.46. The summed E-state index contributed by atoms with van der Waals surface area (Å²) in [5, 5.41) is 4.17. The summed E-state index contributed by atoms with van der Waals surface area (Å²) in [4.78, 5) is 36.1. The highest BCUT2D eigenvalue weighted by molar-refractivity contribution is 7.22. The van der Waals surface area contributed by atoms with E-state index in [0.717, 1.165) is 24.6 Å². The molecule has 9 heteroatoms. The summed E-state index contributed by atoms with van der Waals surface area (Å²) in [7, 11) is 0. The maximum Gasteiger partial charge on any atom is 0.273 e. The maximum atomic E-state index is 12.8. The number of benzene rings is 1. The zero-order valence-corrected chi connectivity index (χ0v) is 17.0. The Hall–Kier alpha value is -2.45. The minimum atomic E-state index is -0.305. The normalized spacial score (nSPS) is 17.1. The van der Waals surface area contributed by atoms with Gasteiger partial charge in [-0.3, -0.25) is 14.2 Å². The van der Waals surface area contributed by atoms with Crippen LogP contribution in [0.25, 0.3) is 10.3 Å². The number of hydrogen-bond acceptors (Lipinski definition) is 6. The Balaban J connectivity index is 1.53. The first-order valence-electron chi connectivity index (χ1n) is 9.16. The molecule has 28 heavy (non-hydrogen) atoms. The van der Waals surface area contributed by atoms with E-state index in [1.54, 1.807) is 24.3 Å². The van der Waals surface area contributed by atoms with Gasteiger partial charge >= 0.3 is 0 Å². The van der Waals surface area contributed by atoms with Crippen molar-refractivity contribution in [2.75, 3.05) is 23.3 Å². The Morgan fingerprint density at radius 2 is 2.14 bits per heavy atom. The van der Waals surface area contributed by atoms with Crippen molar-refractivity contribution in [3.05, 3.63) is 46.0 Å². The van der Waals surface area contributed by atoms with Gasteiger partial charge in [0.05, 0.1) is 0 Å². The van der Waals surface area contributed by atoms with Gasteiger partial charge in [-0.2, -0.15) is 4.98 Å². The van der Waals surface area contributed by atoms with Crippen molar-refractivity contribution in [2.45, 2.75) is 26.3 Å². The van der Waals surface area contributed by atoms with Crippen LogP contribution in [0.4, 0.5) is 10.8 Å². The van der Waals surface area contributed by atoms with Gasteiger partial charge in [0.25, 0.3) is 5.56 Å². The van der Waals surface area contributed by atoms with Gasteiger partial charge < -0.3 is 10.2 Å². The van der Waals surface area contributed by atoms with Crippen molar-refractivity contribution >= 4 is 50.0 Å². The van der Waals surface area contributed by atoms with Crippen LogP contribution in [-0.4, -0.2) is 33.5 Å². The van der Waals surface area contributed by atoms with Gasteiger partial charge in [-0.1, -0.05) is 29.9 Å². The number of nitrogens with one attached hydrogen (secondary N) is 1. The van der Waals surface area contributed by atoms with Gasteiger partial charge in [0.15, 0.2) is 10.8 Å². The number of piperidine rings is 1. The summed E-state index contributed by atoms with van der Waals surface area (Å²) in [5.41, 5.74) is 0.818. The number of nitrogens with zero attached hydrogens (tertiary/aromatic N) is 4. The van der Waals surface area contributed by atoms with Crippen LogP contribution in [0, 0.1) is 5.92 Å². The number of aromatic nitrogens is 3. The van der Waals surface area contributed by atoms with E-state index >= 15 is 0 Å². The number of fused-ring (bicyclic) bond motifs is 1. The summed E-state index contributed by atoms with van der Waals surface area (Å²) in [5.74, 6) is 0.308. The molecule has 2 aromatic heterocycles. The zero-order chi connectivity index (χ0) is 19.7. The van der Waals surface area contributed by atoms with Crippen LogP contribution >= 0.6 is 22.9 Å². The van der Waals surface area contributed by atoms with Crippen LogP contribution in [0.2, 0.25) is 5.02 Å². The van der Waals surface area contributed by atoms with Gasteiger partial charge in [-0.15, -0.1) is 0 Å². The second-order valence-electron chi connectivity index (χ2n) is 7.08. The molecule has 0 aliphatic carbocycles. The third kappa shape index (κ3) is 4.02. The van der Waals surface area contributed by atoms with Crippen LogP contribution in [0.15, 0.2) is 35.4 Å². The summed E-state index contributed by atoms with van der Waals surface area (Å²) >= 11 is 7.20. The van der Waals surface area contributed by atoms with Crippen LogP contribution in [0.3, 0.4) is 0 Å². The second-order valence-corrected chi connectivity index (χ2v) is 8.49. The molecule has 0 bridgehead atoms. The minimum absolute atomic E-state index is 0.113. The SMILES string of the molecule is C[C@H]1CCCN(c2nc3ncn(CC(=O)Nc4ccc(Cl)cc4)c(=O)c3s2)C1. The number of anilines is 2. The molecule has 0 radical (unpaired) electrons. The highest BCUT2D eigenvalue weighted by atomic mass is 35.5. The summed E-state index contributed by atoms with van der Waals surface area (Å²) in [6.07, 6.45) is 3.73. The molecule has 0 spiro atoms. The Labute approximate surface area is 171 Å². The smallest absolute Gasteiger partial charge is 0.273 e. The Morgan fingerprint density at radius 3 is 2.89 bits per heavy atom. The van der Waals surface area contributed by atoms with E-state index in [2.05, 4.69) is 27.1 Å². The molecule has 1 atom stereocenters. The molecule has 1 aromatic carbocycles. The number of carbonyl (C=O) groups is 1. The largest absolute Gasteiger partial charge is 0.348 e. The van der Waals surface area contributed by atoms with E-state index in [-0.39, 0.29) is 18.0 Å². The maximum absolute atomic E-state index is 12.8. The highest BCUT2D eigenvalue weighted by Gasteiger charge is 2.21. The Kier molecular flexibility index (Phi) is 5.32. The molecule has 7 nitrogen and oxygen atoms in total. The lowest BCUT2D eigenvalue weighted by atomic mass is 10.0. The van der Waals surface area contributed by atoms with Gasteiger partial charge in [0.2, 0.25) is 5.91 Å². The average Bonchev–Trinajstić information content (AvgIpc) is 3.11. The second kappa shape index (κ2) is 7.89. The number of hydrogen-bond donors (Lipinski definition) is 1. The molecule has 1 saturated heterocycles. The monoisotopic (exact) mass is 417 g/mol. The molecular weight excluding hydrogens is 398 g/mol. The zero-order valence-electron chi connectivity index (χ0n) is 15.4. The van der Waals surface area contributed by atoms with Crippen LogP contribution in [0.5, 0.6) is 0 Å². The number of carbonyl (C=O) groups excluding carboxylic acids is 1. The lowest BCUT2D eigenvalue weighted by molar-refractivity contribution is -0.116. The molecule has 1 fully saturated rings. The highest BCUT2D eigenvalue weighted by Crippen LogP contribution is 2.29. The van der Waals surface area contributed by atoms with Gasteiger partial charge in [0, 0.05) is 23.8 Å². The van der Waals surface area contributed by atoms with Crippen LogP contribution in [0.1, 0.15) is 19.8 Å². The number of rotatable bonds is 4. The standard InChI is InChI=1S/C19H20ClN5O2S/c1-12-3-2-8-24(9-12)19-23-17-16(28-19)18(27)25(11-21-17)10-15(26)22-14-6-4-13(20)5-7-14/h4-7,11-12H,2-3,8-10H2,1H3,(H,22,26)/t12-/m0/s1. The van der Waals surface area contributed by atoms with Crippen LogP contribution in [-0.2, 0) is 11.3 Å². The number of amides is 1. The van der Waals surface area contributed by atoms with E-state index in [0.29, 0.717) is 27.0 Å². The number of thiazole rings is 1. The molecule has 1 aliphatic rings. The Bertz CT molecular complexity index is 1060. The fraction of sp³-hybridized carbons (Fsp3) is 0.368. The topological polar surface area (TPSA) is 80.1 Å². The molecule has 1 aliphatic heterocycles. The van der Waals surface area contributed by atoms with E-state index in [1.807, 2.05) is 0 Å². The molecule has 1 N–H and O–H groups in total. The summed E-state index contributed by atoms with van der Waals surface area (Å²) in [6, 6.07) is 6.80. The van der Waals surface area contributed by atoms with Crippen molar-refractivity contribution in [1.82, 2.24) is 14.5 Å². The molecule has 3 aromatic rings. The molecule has 4 rings (SSSR count). The van der Waals surface area contributed by atoms with Crippen LogP contribution < -0.4 is 15.8 Å². The van der Waals surface area contributed by atoms with Gasteiger partial charge in [-0.05, 0) is 43.0 Å². The Morgan fingerprint density at radius 1 is 1.36 bits per heavy atom. The fourth-order valence-electron chi connectivity index (χ4n) is 3.33. The van der Waals surface area contributed by atoms with Gasteiger partial charge in [-0.25, -0.2) is 4.98 Å². The van der Waals surface area contributed by atoms with Crippen molar-refractivity contribution in [1.29, 1.82) is 0 Å². The first kappa shape index (κ1) is 18.9. The van der Waals surface area contributed by atoms with E-state index in [1.165, 1.54) is 28.7 Å². The predicted molar refractivity (Wildman–Crippen MR) is 112 cm³/mol. The van der Waals surface area contributed by atoms with E-state index in [9.17, 15) is 9.59 Å². The molecule has 1 amide bonds. The van der Waals surface area contributed by atoms with E-state index < -0.39 is 0 Å². The molecule has 0 saturated carbocycles. The third-order valence-corrected chi connectivity index (χ3v) is 6.09. The molecule has 0 unspecified atom stereocenters. The molecule has 3 heterocycles. The van der Waals surface area contributed by atoms with Crippen molar-refractivity contribution in [2.24, 2.45) is 5.92 Å². The molecule has 146 valence electrons. The van der Waals surface area contributed by atoms with Gasteiger partial charge in [0.1, 0.15) is 17.6 Å². The first-order valence-corrected chi connectivity index (χ1v) is 10.4. The summed E-state index contributed by atoms with van der Waals surface area (Å²) < 4.78 is 1.80. The van der Waals surface area contributed by atoms with Crippen molar-refractivity contribution < 1.29 is 4.79 Å². The van der Waals surface area contributed by atoms with Crippen molar-refractivity contribution in [3.8, 4) is 0 Å². The predicted octanol–water partition coefficient (Wildman–Crippen LogP) is 3.38. The lowest BCUT2D eigenvalue weighted by Gasteiger charge is -2.30. The van der Waals surface area contributed by atoms with Crippen molar-refractivity contribution in [3.63, 3.8) is 0 Å². The summed E-state index contributed by atoms with van der Waals surface area (Å²) in [6.45, 7) is 4.00. The third-order valence-electron chi connectivity index (χ3n) is 4.74. The number of halogens is 1. The minimum Gasteiger partial charge on any atom is -0.348 e. The molecular formula is C19H20ClN5O2S. The average molecular weight is 418 g/mol. The lowest BCUT2D eigenvalue weighted by Crippen LogP contribution is -2.34.